The first-order valence-electron chi connectivity index (χ1n) is 6.94. The van der Waals surface area contributed by atoms with Gasteiger partial charge in [-0.1, -0.05) is 19.3 Å². The molecule has 1 atom stereocenters. The van der Waals surface area contributed by atoms with Crippen LogP contribution in [0.4, 0.5) is 0 Å². The number of carbonyl (C=O) groups excluding carboxylic acids is 1. The van der Waals surface area contributed by atoms with Crippen molar-refractivity contribution in [1.82, 2.24) is 10.2 Å². The number of likely N-dealkylation sites (N-methyl/N-ethyl adjacent to an activating group) is 1. The van der Waals surface area contributed by atoms with E-state index in [9.17, 15) is 10.1 Å². The van der Waals surface area contributed by atoms with Crippen LogP contribution in [0.5, 0.6) is 0 Å². The monoisotopic (exact) mass is 251 g/mol. The maximum atomic E-state index is 11.8. The quantitative estimate of drug-likeness (QED) is 0.783. The fraction of sp³-hybridized carbons (Fsp3) is 0.857. The van der Waals surface area contributed by atoms with Gasteiger partial charge in [-0.3, -0.25) is 4.79 Å². The Morgan fingerprint density at radius 2 is 2.06 bits per heavy atom. The van der Waals surface area contributed by atoms with Crippen molar-refractivity contribution in [3.63, 3.8) is 0 Å². The highest BCUT2D eigenvalue weighted by molar-refractivity contribution is 5.76. The van der Waals surface area contributed by atoms with Gasteiger partial charge in [0, 0.05) is 19.5 Å². The van der Waals surface area contributed by atoms with E-state index in [4.69, 9.17) is 0 Å². The number of rotatable bonds is 6. The third-order valence-corrected chi connectivity index (χ3v) is 3.67. The average Bonchev–Trinajstić information content (AvgIpc) is 2.36. The lowest BCUT2D eigenvalue weighted by molar-refractivity contribution is -0.122. The highest BCUT2D eigenvalue weighted by Gasteiger charge is 2.25. The molecule has 1 amide bonds. The van der Waals surface area contributed by atoms with Crippen LogP contribution in [0.1, 0.15) is 38.5 Å². The molecule has 0 heterocycles. The minimum absolute atomic E-state index is 0.0222. The maximum absolute atomic E-state index is 11.8. The van der Waals surface area contributed by atoms with E-state index in [1.54, 1.807) is 0 Å². The standard InChI is InChI=1S/C14H25N3O/c1-17(2)9-8-16-14(18)10-13(11-15)12-6-4-3-5-7-12/h12-13H,3-10H2,1-2H3,(H,16,18). The highest BCUT2D eigenvalue weighted by atomic mass is 16.1. The predicted octanol–water partition coefficient (Wildman–Crippen LogP) is 1.77. The Morgan fingerprint density at radius 3 is 2.61 bits per heavy atom. The number of hydrogen-bond donors (Lipinski definition) is 1. The first-order chi connectivity index (χ1) is 8.63. The van der Waals surface area contributed by atoms with Gasteiger partial charge in [0.1, 0.15) is 0 Å². The maximum Gasteiger partial charge on any atom is 0.221 e. The van der Waals surface area contributed by atoms with Crippen molar-refractivity contribution in [3.8, 4) is 6.07 Å². The Balaban J connectivity index is 2.29. The van der Waals surface area contributed by atoms with E-state index in [2.05, 4.69) is 11.4 Å². The van der Waals surface area contributed by atoms with E-state index in [1.807, 2.05) is 19.0 Å². The van der Waals surface area contributed by atoms with Crippen LogP contribution < -0.4 is 5.32 Å². The highest BCUT2D eigenvalue weighted by Crippen LogP contribution is 2.31. The van der Waals surface area contributed by atoms with E-state index in [1.165, 1.54) is 19.3 Å². The molecule has 1 N–H and O–H groups in total. The molecule has 18 heavy (non-hydrogen) atoms. The van der Waals surface area contributed by atoms with Crippen molar-refractivity contribution < 1.29 is 4.79 Å². The second kappa shape index (κ2) is 8.10. The van der Waals surface area contributed by atoms with Crippen LogP contribution in [0.15, 0.2) is 0 Å². The molecule has 0 aromatic carbocycles. The SMILES string of the molecule is CN(C)CCNC(=O)CC(C#N)C1CCCCC1. The van der Waals surface area contributed by atoms with Crippen LogP contribution in [0.25, 0.3) is 0 Å². The summed E-state index contributed by atoms with van der Waals surface area (Å²) < 4.78 is 0. The third kappa shape index (κ3) is 5.50. The first kappa shape index (κ1) is 15.0. The Labute approximate surface area is 110 Å². The van der Waals surface area contributed by atoms with E-state index in [0.29, 0.717) is 18.9 Å². The normalized spacial score (nSPS) is 18.3. The summed E-state index contributed by atoms with van der Waals surface area (Å²) in [6.07, 6.45) is 6.31. The zero-order valence-electron chi connectivity index (χ0n) is 11.6. The van der Waals surface area contributed by atoms with Crippen LogP contribution in [-0.2, 0) is 4.79 Å². The van der Waals surface area contributed by atoms with Gasteiger partial charge < -0.3 is 10.2 Å². The van der Waals surface area contributed by atoms with Crippen LogP contribution in [0.3, 0.4) is 0 Å². The first-order valence-corrected chi connectivity index (χ1v) is 6.94. The fourth-order valence-corrected chi connectivity index (χ4v) is 2.55. The molecule has 0 radical (unpaired) electrons. The van der Waals surface area contributed by atoms with E-state index < -0.39 is 0 Å². The smallest absolute Gasteiger partial charge is 0.221 e. The van der Waals surface area contributed by atoms with Crippen molar-refractivity contribution in [3.05, 3.63) is 0 Å². The van der Waals surface area contributed by atoms with E-state index in [-0.39, 0.29) is 11.8 Å². The van der Waals surface area contributed by atoms with Crippen molar-refractivity contribution in [2.75, 3.05) is 27.2 Å². The second-order valence-corrected chi connectivity index (χ2v) is 5.49. The Morgan fingerprint density at radius 1 is 1.39 bits per heavy atom. The van der Waals surface area contributed by atoms with Crippen molar-refractivity contribution >= 4 is 5.91 Å². The minimum atomic E-state index is -0.0929. The molecule has 1 rings (SSSR count). The summed E-state index contributed by atoms with van der Waals surface area (Å²) in [5.41, 5.74) is 0. The Kier molecular flexibility index (Phi) is 6.74. The van der Waals surface area contributed by atoms with Gasteiger partial charge in [0.25, 0.3) is 0 Å². The zero-order chi connectivity index (χ0) is 13.4. The number of nitriles is 1. The van der Waals surface area contributed by atoms with Crippen molar-refractivity contribution in [2.24, 2.45) is 11.8 Å². The molecular weight excluding hydrogens is 226 g/mol. The fourth-order valence-electron chi connectivity index (χ4n) is 2.55. The second-order valence-electron chi connectivity index (χ2n) is 5.49. The molecule has 0 aromatic heterocycles. The molecule has 0 saturated heterocycles. The molecule has 1 aliphatic rings. The van der Waals surface area contributed by atoms with Crippen LogP contribution in [0, 0.1) is 23.2 Å². The number of amides is 1. The van der Waals surface area contributed by atoms with Gasteiger partial charge in [0.15, 0.2) is 0 Å². The lowest BCUT2D eigenvalue weighted by atomic mass is 9.79. The molecule has 1 saturated carbocycles. The molecule has 0 bridgehead atoms. The summed E-state index contributed by atoms with van der Waals surface area (Å²) in [6.45, 7) is 1.50. The average molecular weight is 251 g/mol. The Bertz CT molecular complexity index is 290. The van der Waals surface area contributed by atoms with Crippen LogP contribution >= 0.6 is 0 Å². The summed E-state index contributed by atoms with van der Waals surface area (Å²) in [7, 11) is 3.96. The predicted molar refractivity (Wildman–Crippen MR) is 71.9 cm³/mol. The summed E-state index contributed by atoms with van der Waals surface area (Å²) >= 11 is 0. The Hall–Kier alpha value is -1.08. The van der Waals surface area contributed by atoms with Gasteiger partial charge in [0.05, 0.1) is 12.0 Å². The molecule has 1 unspecified atom stereocenters. The molecule has 0 spiro atoms. The molecule has 4 nitrogen and oxygen atoms in total. The number of nitrogens with zero attached hydrogens (tertiary/aromatic N) is 2. The molecule has 0 aliphatic heterocycles. The largest absolute Gasteiger partial charge is 0.355 e. The van der Waals surface area contributed by atoms with Gasteiger partial charge in [-0.2, -0.15) is 5.26 Å². The molecule has 0 aromatic rings. The number of carbonyl (C=O) groups is 1. The zero-order valence-corrected chi connectivity index (χ0v) is 11.6. The van der Waals surface area contributed by atoms with Gasteiger partial charge in [-0.15, -0.1) is 0 Å². The summed E-state index contributed by atoms with van der Waals surface area (Å²) in [4.78, 5) is 13.8. The van der Waals surface area contributed by atoms with Crippen molar-refractivity contribution in [1.29, 1.82) is 5.26 Å². The van der Waals surface area contributed by atoms with Gasteiger partial charge in [-0.05, 0) is 32.9 Å². The summed E-state index contributed by atoms with van der Waals surface area (Å²) in [6, 6.07) is 2.33. The molecule has 4 heteroatoms. The van der Waals surface area contributed by atoms with Gasteiger partial charge in [-0.25, -0.2) is 0 Å². The van der Waals surface area contributed by atoms with Gasteiger partial charge >= 0.3 is 0 Å². The molecule has 1 fully saturated rings. The third-order valence-electron chi connectivity index (χ3n) is 3.67. The van der Waals surface area contributed by atoms with E-state index in [0.717, 1.165) is 19.4 Å². The number of hydrogen-bond acceptors (Lipinski definition) is 3. The number of nitrogens with one attached hydrogen (secondary N) is 1. The summed E-state index contributed by atoms with van der Waals surface area (Å²) in [5.74, 6) is 0.363. The topological polar surface area (TPSA) is 56.1 Å². The molecular formula is C14H25N3O. The van der Waals surface area contributed by atoms with E-state index >= 15 is 0 Å². The van der Waals surface area contributed by atoms with Gasteiger partial charge in [0.2, 0.25) is 5.91 Å². The lowest BCUT2D eigenvalue weighted by Crippen LogP contribution is -2.33. The lowest BCUT2D eigenvalue weighted by Gasteiger charge is -2.25. The molecule has 102 valence electrons. The minimum Gasteiger partial charge on any atom is -0.355 e. The van der Waals surface area contributed by atoms with Crippen molar-refractivity contribution in [2.45, 2.75) is 38.5 Å². The summed E-state index contributed by atoms with van der Waals surface area (Å²) in [5, 5.41) is 12.1. The van der Waals surface area contributed by atoms with Crippen LogP contribution in [-0.4, -0.2) is 38.0 Å². The van der Waals surface area contributed by atoms with Crippen LogP contribution in [0.2, 0.25) is 0 Å². The molecule has 1 aliphatic carbocycles.